The number of carbonyl (C=O) groups excluding carboxylic acids is 1. The minimum absolute atomic E-state index is 0.118. The van der Waals surface area contributed by atoms with Crippen molar-refractivity contribution in [3.05, 3.63) is 60.2 Å². The summed E-state index contributed by atoms with van der Waals surface area (Å²) in [7, 11) is 0. The molecule has 0 aliphatic carbocycles. The van der Waals surface area contributed by atoms with E-state index in [4.69, 9.17) is 0 Å². The third-order valence-corrected chi connectivity index (χ3v) is 3.32. The zero-order valence-corrected chi connectivity index (χ0v) is 12.4. The van der Waals surface area contributed by atoms with Crippen LogP contribution in [0.4, 0.5) is 20.2 Å². The van der Waals surface area contributed by atoms with Crippen LogP contribution in [0.15, 0.2) is 48.5 Å². The number of hydrogen-bond donors (Lipinski definition) is 1. The number of halogens is 2. The third kappa shape index (κ3) is 4.28. The molecule has 0 atom stereocenters. The molecule has 5 heteroatoms. The fourth-order valence-electron chi connectivity index (χ4n) is 2.13. The summed E-state index contributed by atoms with van der Waals surface area (Å²) in [5.41, 5.74) is 1.30. The minimum atomic E-state index is -0.885. The van der Waals surface area contributed by atoms with Gasteiger partial charge < -0.3 is 10.2 Å². The van der Waals surface area contributed by atoms with Gasteiger partial charge in [-0.05, 0) is 31.2 Å². The normalized spacial score (nSPS) is 10.3. The van der Waals surface area contributed by atoms with Gasteiger partial charge in [0.05, 0.1) is 0 Å². The fraction of sp³-hybridized carbons (Fsp3) is 0.235. The maximum atomic E-state index is 13.3. The molecule has 0 fully saturated rings. The highest BCUT2D eigenvalue weighted by molar-refractivity contribution is 5.90. The predicted octanol–water partition coefficient (Wildman–Crippen LogP) is 3.82. The standard InChI is InChI=1S/C17H18F2N2O/c1-2-21(14-8-9-15(18)16(19)12-14)11-10-17(22)20-13-6-4-3-5-7-13/h3-9,12H,2,10-11H2,1H3,(H,20,22). The number of nitrogens with one attached hydrogen (secondary N) is 1. The quantitative estimate of drug-likeness (QED) is 0.880. The molecule has 0 radical (unpaired) electrons. The summed E-state index contributed by atoms with van der Waals surface area (Å²) >= 11 is 0. The lowest BCUT2D eigenvalue weighted by molar-refractivity contribution is -0.116. The van der Waals surface area contributed by atoms with Gasteiger partial charge in [0.25, 0.3) is 0 Å². The molecule has 22 heavy (non-hydrogen) atoms. The average Bonchev–Trinajstić information content (AvgIpc) is 2.52. The van der Waals surface area contributed by atoms with Crippen LogP contribution in [0.3, 0.4) is 0 Å². The number of nitrogens with zero attached hydrogens (tertiary/aromatic N) is 1. The SMILES string of the molecule is CCN(CCC(=O)Nc1ccccc1)c1ccc(F)c(F)c1. The van der Waals surface area contributed by atoms with Gasteiger partial charge in [0.15, 0.2) is 11.6 Å². The topological polar surface area (TPSA) is 32.3 Å². The van der Waals surface area contributed by atoms with E-state index < -0.39 is 11.6 Å². The first-order chi connectivity index (χ1) is 10.6. The number of hydrogen-bond acceptors (Lipinski definition) is 2. The molecule has 116 valence electrons. The van der Waals surface area contributed by atoms with Crippen molar-refractivity contribution in [3.8, 4) is 0 Å². The first kappa shape index (κ1) is 15.9. The van der Waals surface area contributed by atoms with Crippen LogP contribution < -0.4 is 10.2 Å². The smallest absolute Gasteiger partial charge is 0.226 e. The van der Waals surface area contributed by atoms with Gasteiger partial charge in [0.1, 0.15) is 0 Å². The zero-order chi connectivity index (χ0) is 15.9. The van der Waals surface area contributed by atoms with Crippen LogP contribution in [0.2, 0.25) is 0 Å². The lowest BCUT2D eigenvalue weighted by Crippen LogP contribution is -2.27. The summed E-state index contributed by atoms with van der Waals surface area (Å²) in [6.45, 7) is 2.93. The van der Waals surface area contributed by atoms with Crippen molar-refractivity contribution < 1.29 is 13.6 Å². The van der Waals surface area contributed by atoms with Gasteiger partial charge in [-0.1, -0.05) is 18.2 Å². The van der Waals surface area contributed by atoms with Crippen molar-refractivity contribution in [2.45, 2.75) is 13.3 Å². The Morgan fingerprint density at radius 1 is 1.09 bits per heavy atom. The number of rotatable bonds is 6. The van der Waals surface area contributed by atoms with Gasteiger partial charge in [0, 0.05) is 37.0 Å². The number of benzene rings is 2. The Kier molecular flexibility index (Phi) is 5.47. The van der Waals surface area contributed by atoms with Gasteiger partial charge in [-0.3, -0.25) is 4.79 Å². The van der Waals surface area contributed by atoms with E-state index in [2.05, 4.69) is 5.32 Å². The molecule has 2 aromatic carbocycles. The maximum absolute atomic E-state index is 13.3. The summed E-state index contributed by atoms with van der Waals surface area (Å²) < 4.78 is 26.2. The van der Waals surface area contributed by atoms with Crippen molar-refractivity contribution >= 4 is 17.3 Å². The lowest BCUT2D eigenvalue weighted by Gasteiger charge is -2.23. The molecule has 0 aliphatic rings. The van der Waals surface area contributed by atoms with Crippen LogP contribution >= 0.6 is 0 Å². The second-order valence-corrected chi connectivity index (χ2v) is 4.84. The fourth-order valence-corrected chi connectivity index (χ4v) is 2.13. The summed E-state index contributed by atoms with van der Waals surface area (Å²) in [5.74, 6) is -1.88. The summed E-state index contributed by atoms with van der Waals surface area (Å²) in [6, 6.07) is 12.9. The van der Waals surface area contributed by atoms with Gasteiger partial charge in [-0.2, -0.15) is 0 Å². The van der Waals surface area contributed by atoms with E-state index >= 15 is 0 Å². The van der Waals surface area contributed by atoms with E-state index in [1.807, 2.05) is 42.2 Å². The Morgan fingerprint density at radius 3 is 2.45 bits per heavy atom. The first-order valence-corrected chi connectivity index (χ1v) is 7.15. The molecule has 0 aromatic heterocycles. The van der Waals surface area contributed by atoms with Crippen molar-refractivity contribution in [3.63, 3.8) is 0 Å². The second kappa shape index (κ2) is 7.54. The Bertz CT molecular complexity index is 632. The summed E-state index contributed by atoms with van der Waals surface area (Å²) in [6.07, 6.45) is 0.266. The highest BCUT2D eigenvalue weighted by Gasteiger charge is 2.10. The average molecular weight is 304 g/mol. The van der Waals surface area contributed by atoms with Gasteiger partial charge in [-0.15, -0.1) is 0 Å². The molecule has 0 aliphatic heterocycles. The van der Waals surface area contributed by atoms with E-state index in [-0.39, 0.29) is 12.3 Å². The number of amides is 1. The van der Waals surface area contributed by atoms with Gasteiger partial charge in [-0.25, -0.2) is 8.78 Å². The molecule has 1 N–H and O–H groups in total. The minimum Gasteiger partial charge on any atom is -0.371 e. The van der Waals surface area contributed by atoms with E-state index in [0.29, 0.717) is 18.8 Å². The molecule has 0 spiro atoms. The lowest BCUT2D eigenvalue weighted by atomic mass is 10.2. The van der Waals surface area contributed by atoms with Crippen LogP contribution in [-0.4, -0.2) is 19.0 Å². The Morgan fingerprint density at radius 2 is 1.82 bits per heavy atom. The first-order valence-electron chi connectivity index (χ1n) is 7.15. The Hall–Kier alpha value is -2.43. The van der Waals surface area contributed by atoms with Crippen molar-refractivity contribution in [2.75, 3.05) is 23.3 Å². The molecular weight excluding hydrogens is 286 g/mol. The Labute approximate surface area is 128 Å². The van der Waals surface area contributed by atoms with Crippen molar-refractivity contribution in [2.24, 2.45) is 0 Å². The number of carbonyl (C=O) groups is 1. The zero-order valence-electron chi connectivity index (χ0n) is 12.4. The van der Waals surface area contributed by atoms with Crippen LogP contribution in [0.1, 0.15) is 13.3 Å². The molecule has 0 heterocycles. The third-order valence-electron chi connectivity index (χ3n) is 3.32. The van der Waals surface area contributed by atoms with Crippen LogP contribution in [0.25, 0.3) is 0 Å². The van der Waals surface area contributed by atoms with E-state index in [0.717, 1.165) is 17.8 Å². The molecule has 0 saturated carbocycles. The van der Waals surface area contributed by atoms with Crippen LogP contribution in [0.5, 0.6) is 0 Å². The van der Waals surface area contributed by atoms with Gasteiger partial charge >= 0.3 is 0 Å². The molecule has 1 amide bonds. The number of para-hydroxylation sites is 1. The van der Waals surface area contributed by atoms with Crippen LogP contribution in [0, 0.1) is 11.6 Å². The summed E-state index contributed by atoms with van der Waals surface area (Å²) in [5, 5.41) is 2.79. The van der Waals surface area contributed by atoms with E-state index in [1.54, 1.807) is 0 Å². The highest BCUT2D eigenvalue weighted by Crippen LogP contribution is 2.18. The number of anilines is 2. The van der Waals surface area contributed by atoms with E-state index in [9.17, 15) is 13.6 Å². The molecule has 0 bridgehead atoms. The molecule has 2 rings (SSSR count). The predicted molar refractivity (Wildman–Crippen MR) is 83.9 cm³/mol. The van der Waals surface area contributed by atoms with Crippen LogP contribution in [-0.2, 0) is 4.79 Å². The largest absolute Gasteiger partial charge is 0.371 e. The summed E-state index contributed by atoms with van der Waals surface area (Å²) in [4.78, 5) is 13.7. The monoisotopic (exact) mass is 304 g/mol. The molecular formula is C17H18F2N2O. The van der Waals surface area contributed by atoms with Crippen molar-refractivity contribution in [1.82, 2.24) is 0 Å². The Balaban J connectivity index is 1.93. The van der Waals surface area contributed by atoms with Crippen molar-refractivity contribution in [1.29, 1.82) is 0 Å². The maximum Gasteiger partial charge on any atom is 0.226 e. The van der Waals surface area contributed by atoms with E-state index in [1.165, 1.54) is 6.07 Å². The molecule has 0 unspecified atom stereocenters. The van der Waals surface area contributed by atoms with Gasteiger partial charge in [0.2, 0.25) is 5.91 Å². The molecule has 3 nitrogen and oxygen atoms in total. The molecule has 2 aromatic rings. The highest BCUT2D eigenvalue weighted by atomic mass is 19.2. The second-order valence-electron chi connectivity index (χ2n) is 4.84. The molecule has 0 saturated heterocycles.